The van der Waals surface area contributed by atoms with Gasteiger partial charge in [0.2, 0.25) is 0 Å². The van der Waals surface area contributed by atoms with Crippen molar-refractivity contribution in [3.63, 3.8) is 0 Å². The van der Waals surface area contributed by atoms with Crippen LogP contribution in [-0.2, 0) is 0 Å². The zero-order chi connectivity index (χ0) is 12.3. The molecule has 0 aliphatic carbocycles. The SMILES string of the molecule is Cc1cc2nnc3cc(C)cc4nnc(c1)c2c34. The minimum absolute atomic E-state index is 0.890. The molecule has 0 aliphatic heterocycles. The Kier molecular flexibility index (Phi) is 1.66. The van der Waals surface area contributed by atoms with Crippen LogP contribution in [0.5, 0.6) is 0 Å². The predicted octanol–water partition coefficient (Wildman–Crippen LogP) is 2.78. The van der Waals surface area contributed by atoms with E-state index in [1.807, 2.05) is 38.1 Å². The van der Waals surface area contributed by atoms with Gasteiger partial charge in [-0.05, 0) is 49.2 Å². The Morgan fingerprint density at radius 2 is 0.833 bits per heavy atom. The van der Waals surface area contributed by atoms with Crippen LogP contribution in [0.2, 0.25) is 0 Å². The first kappa shape index (κ1) is 9.65. The van der Waals surface area contributed by atoms with E-state index in [0.717, 1.165) is 44.0 Å². The van der Waals surface area contributed by atoms with Gasteiger partial charge in [0.1, 0.15) is 0 Å². The smallest absolute Gasteiger partial charge is 0.0962 e. The number of nitrogens with zero attached hydrogens (tertiary/aromatic N) is 4. The third-order valence-corrected chi connectivity index (χ3v) is 3.26. The lowest BCUT2D eigenvalue weighted by molar-refractivity contribution is 1.09. The van der Waals surface area contributed by atoms with Gasteiger partial charge in [0.25, 0.3) is 0 Å². The summed E-state index contributed by atoms with van der Waals surface area (Å²) in [6.07, 6.45) is 0. The Balaban J connectivity index is 2.41. The van der Waals surface area contributed by atoms with Gasteiger partial charge in [-0.15, -0.1) is 20.4 Å². The molecule has 0 radical (unpaired) electrons. The molecule has 2 aromatic heterocycles. The lowest BCUT2D eigenvalue weighted by Gasteiger charge is -2.08. The van der Waals surface area contributed by atoms with E-state index in [2.05, 4.69) is 20.4 Å². The fraction of sp³-hybridized carbons (Fsp3) is 0.143. The lowest BCUT2D eigenvalue weighted by Crippen LogP contribution is -1.96. The van der Waals surface area contributed by atoms with Crippen molar-refractivity contribution in [3.8, 4) is 0 Å². The average Bonchev–Trinajstić information content (AvgIpc) is 2.34. The molecule has 18 heavy (non-hydrogen) atoms. The molecule has 0 spiro atoms. The third-order valence-electron chi connectivity index (χ3n) is 3.26. The van der Waals surface area contributed by atoms with Crippen LogP contribution in [0.3, 0.4) is 0 Å². The summed E-state index contributed by atoms with van der Waals surface area (Å²) in [6, 6.07) is 8.15. The Morgan fingerprint density at radius 1 is 0.556 bits per heavy atom. The topological polar surface area (TPSA) is 51.6 Å². The Labute approximate surface area is 103 Å². The van der Waals surface area contributed by atoms with Crippen LogP contribution in [0.4, 0.5) is 0 Å². The first-order valence-corrected chi connectivity index (χ1v) is 5.85. The standard InChI is InChI=1S/C14H10N4/c1-7-3-9-13-10(4-7)16-18-12-6-8(2)5-11(14(12)13)17-15-9/h3-6H,1-2H3. The summed E-state index contributed by atoms with van der Waals surface area (Å²) in [5.41, 5.74) is 5.81. The molecular formula is C14H10N4. The second-order valence-corrected chi connectivity index (χ2v) is 4.76. The van der Waals surface area contributed by atoms with E-state index in [-0.39, 0.29) is 0 Å². The maximum Gasteiger partial charge on any atom is 0.0962 e. The monoisotopic (exact) mass is 234 g/mol. The number of hydrogen-bond acceptors (Lipinski definition) is 4. The van der Waals surface area contributed by atoms with Gasteiger partial charge in [-0.1, -0.05) is 0 Å². The number of aromatic nitrogens is 4. The van der Waals surface area contributed by atoms with Crippen LogP contribution in [0.25, 0.3) is 32.8 Å². The molecule has 0 atom stereocenters. The summed E-state index contributed by atoms with van der Waals surface area (Å²) in [5.74, 6) is 0. The van der Waals surface area contributed by atoms with Gasteiger partial charge in [0.15, 0.2) is 0 Å². The normalized spacial score (nSPS) is 11.9. The summed E-state index contributed by atoms with van der Waals surface area (Å²) in [4.78, 5) is 0. The zero-order valence-electron chi connectivity index (χ0n) is 10.1. The first-order valence-electron chi connectivity index (χ1n) is 5.85. The second kappa shape index (κ2) is 3.10. The molecule has 0 aliphatic rings. The molecule has 0 saturated carbocycles. The molecule has 4 rings (SSSR count). The molecule has 4 nitrogen and oxygen atoms in total. The highest BCUT2D eigenvalue weighted by Crippen LogP contribution is 2.30. The fourth-order valence-corrected chi connectivity index (χ4v) is 2.54. The highest BCUT2D eigenvalue weighted by molar-refractivity contribution is 6.18. The summed E-state index contributed by atoms with van der Waals surface area (Å²) >= 11 is 0. The maximum atomic E-state index is 4.30. The molecule has 2 aromatic carbocycles. The van der Waals surface area contributed by atoms with Crippen molar-refractivity contribution in [2.45, 2.75) is 13.8 Å². The summed E-state index contributed by atoms with van der Waals surface area (Å²) in [7, 11) is 0. The van der Waals surface area contributed by atoms with E-state index in [9.17, 15) is 0 Å². The molecule has 4 heteroatoms. The van der Waals surface area contributed by atoms with Crippen molar-refractivity contribution < 1.29 is 0 Å². The van der Waals surface area contributed by atoms with Crippen molar-refractivity contribution in [2.75, 3.05) is 0 Å². The van der Waals surface area contributed by atoms with Crippen molar-refractivity contribution >= 4 is 32.8 Å². The average molecular weight is 234 g/mol. The second-order valence-electron chi connectivity index (χ2n) is 4.76. The van der Waals surface area contributed by atoms with Crippen LogP contribution >= 0.6 is 0 Å². The minimum atomic E-state index is 0.890. The van der Waals surface area contributed by atoms with E-state index >= 15 is 0 Å². The highest BCUT2D eigenvalue weighted by atomic mass is 15.1. The van der Waals surface area contributed by atoms with Gasteiger partial charge in [-0.3, -0.25) is 0 Å². The molecular weight excluding hydrogens is 224 g/mol. The lowest BCUT2D eigenvalue weighted by atomic mass is 10.0. The van der Waals surface area contributed by atoms with Gasteiger partial charge in [-0.25, -0.2) is 0 Å². The Hall–Kier alpha value is -2.36. The number of aryl methyl sites for hydroxylation is 2. The predicted molar refractivity (Wildman–Crippen MR) is 70.8 cm³/mol. The maximum absolute atomic E-state index is 4.30. The molecule has 2 heterocycles. The molecule has 4 aromatic rings. The third kappa shape index (κ3) is 1.14. The van der Waals surface area contributed by atoms with Crippen molar-refractivity contribution in [2.24, 2.45) is 0 Å². The van der Waals surface area contributed by atoms with Gasteiger partial charge in [0.05, 0.1) is 22.1 Å². The highest BCUT2D eigenvalue weighted by Gasteiger charge is 2.12. The van der Waals surface area contributed by atoms with Crippen LogP contribution in [0.1, 0.15) is 11.1 Å². The molecule has 0 fully saturated rings. The van der Waals surface area contributed by atoms with Gasteiger partial charge in [0, 0.05) is 10.8 Å². The summed E-state index contributed by atoms with van der Waals surface area (Å²) in [6.45, 7) is 4.06. The molecule has 86 valence electrons. The minimum Gasteiger partial charge on any atom is -0.150 e. The summed E-state index contributed by atoms with van der Waals surface area (Å²) < 4.78 is 0. The van der Waals surface area contributed by atoms with E-state index in [1.165, 1.54) is 0 Å². The summed E-state index contributed by atoms with van der Waals surface area (Å²) in [5, 5.41) is 19.3. The van der Waals surface area contributed by atoms with Crippen molar-refractivity contribution in [1.82, 2.24) is 20.4 Å². The van der Waals surface area contributed by atoms with E-state index < -0.39 is 0 Å². The zero-order valence-corrected chi connectivity index (χ0v) is 10.1. The van der Waals surface area contributed by atoms with E-state index in [0.29, 0.717) is 0 Å². The molecule has 0 amide bonds. The largest absolute Gasteiger partial charge is 0.150 e. The number of hydrogen-bond donors (Lipinski definition) is 0. The van der Waals surface area contributed by atoms with Gasteiger partial charge in [-0.2, -0.15) is 0 Å². The molecule has 0 saturated heterocycles. The van der Waals surface area contributed by atoms with Crippen molar-refractivity contribution in [3.05, 3.63) is 35.4 Å². The fourth-order valence-electron chi connectivity index (χ4n) is 2.54. The molecule has 0 unspecified atom stereocenters. The first-order chi connectivity index (χ1) is 8.72. The Bertz CT molecular complexity index is 756. The van der Waals surface area contributed by atoms with E-state index in [4.69, 9.17) is 0 Å². The van der Waals surface area contributed by atoms with Gasteiger partial charge < -0.3 is 0 Å². The molecule has 0 N–H and O–H groups in total. The van der Waals surface area contributed by atoms with Crippen LogP contribution < -0.4 is 0 Å². The number of rotatable bonds is 0. The van der Waals surface area contributed by atoms with E-state index in [1.54, 1.807) is 0 Å². The van der Waals surface area contributed by atoms with Crippen LogP contribution in [-0.4, -0.2) is 20.4 Å². The number of benzene rings is 2. The Morgan fingerprint density at radius 3 is 1.11 bits per heavy atom. The molecule has 0 bridgehead atoms. The van der Waals surface area contributed by atoms with Gasteiger partial charge >= 0.3 is 0 Å². The van der Waals surface area contributed by atoms with Crippen molar-refractivity contribution in [1.29, 1.82) is 0 Å². The quantitative estimate of drug-likeness (QED) is 0.439. The van der Waals surface area contributed by atoms with Crippen LogP contribution in [0, 0.1) is 13.8 Å². The van der Waals surface area contributed by atoms with Crippen LogP contribution in [0.15, 0.2) is 24.3 Å².